The van der Waals surface area contributed by atoms with Crippen molar-refractivity contribution in [3.05, 3.63) is 33.3 Å². The van der Waals surface area contributed by atoms with Crippen molar-refractivity contribution < 1.29 is 9.66 Å². The molecule has 2 fully saturated rings. The van der Waals surface area contributed by atoms with E-state index in [0.717, 1.165) is 32.0 Å². The van der Waals surface area contributed by atoms with Crippen LogP contribution in [0.3, 0.4) is 0 Å². The van der Waals surface area contributed by atoms with Crippen LogP contribution in [-0.2, 0) is 0 Å². The Kier molecular flexibility index (Phi) is 3.81. The Bertz CT molecular complexity index is 511. The number of halogens is 1. The van der Waals surface area contributed by atoms with E-state index in [4.69, 9.17) is 16.3 Å². The van der Waals surface area contributed by atoms with Crippen LogP contribution in [-0.4, -0.2) is 35.1 Å². The van der Waals surface area contributed by atoms with Crippen molar-refractivity contribution in [3.8, 4) is 5.75 Å². The molecule has 6 heteroatoms. The van der Waals surface area contributed by atoms with Gasteiger partial charge in [0.15, 0.2) is 5.75 Å². The van der Waals surface area contributed by atoms with Gasteiger partial charge in [-0.05, 0) is 37.8 Å². The molecule has 0 unspecified atom stereocenters. The summed E-state index contributed by atoms with van der Waals surface area (Å²) in [6.45, 7) is 2.05. The average Bonchev–Trinajstić information content (AvgIpc) is 3.26. The third-order valence-corrected chi connectivity index (χ3v) is 4.19. The lowest BCUT2D eigenvalue weighted by Crippen LogP contribution is -2.39. The number of nitrogens with zero attached hydrogens (tertiary/aromatic N) is 2. The zero-order valence-electron chi connectivity index (χ0n) is 11.1. The van der Waals surface area contributed by atoms with Crippen molar-refractivity contribution in [2.24, 2.45) is 0 Å². The largest absolute Gasteiger partial charge is 0.483 e. The van der Waals surface area contributed by atoms with Gasteiger partial charge in [-0.3, -0.25) is 10.1 Å². The van der Waals surface area contributed by atoms with Gasteiger partial charge in [0.1, 0.15) is 6.10 Å². The minimum absolute atomic E-state index is 0.0536. The molecule has 1 aliphatic carbocycles. The average molecular weight is 297 g/mol. The van der Waals surface area contributed by atoms with Crippen LogP contribution < -0.4 is 4.74 Å². The lowest BCUT2D eigenvalue weighted by Gasteiger charge is -2.32. The van der Waals surface area contributed by atoms with Crippen LogP contribution >= 0.6 is 11.6 Å². The van der Waals surface area contributed by atoms with Crippen molar-refractivity contribution >= 4 is 17.3 Å². The molecule has 1 aromatic rings. The maximum atomic E-state index is 11.0. The first-order chi connectivity index (χ1) is 9.63. The molecule has 0 amide bonds. The Labute approximate surface area is 122 Å². The molecule has 1 heterocycles. The summed E-state index contributed by atoms with van der Waals surface area (Å²) < 4.78 is 5.82. The summed E-state index contributed by atoms with van der Waals surface area (Å²) in [5.74, 6) is 0.323. The van der Waals surface area contributed by atoms with Gasteiger partial charge in [-0.2, -0.15) is 0 Å². The third kappa shape index (κ3) is 3.04. The van der Waals surface area contributed by atoms with E-state index < -0.39 is 4.92 Å². The summed E-state index contributed by atoms with van der Waals surface area (Å²) in [5.41, 5.74) is -0.0536. The Balaban J connectivity index is 1.64. The number of ether oxygens (including phenoxy) is 1. The lowest BCUT2D eigenvalue weighted by molar-refractivity contribution is -0.386. The van der Waals surface area contributed by atoms with Crippen molar-refractivity contribution in [1.82, 2.24) is 4.90 Å². The zero-order chi connectivity index (χ0) is 14.1. The predicted octanol–water partition coefficient (Wildman–Crippen LogP) is 3.25. The summed E-state index contributed by atoms with van der Waals surface area (Å²) in [4.78, 5) is 13.1. The summed E-state index contributed by atoms with van der Waals surface area (Å²) >= 11 is 5.80. The maximum Gasteiger partial charge on any atom is 0.312 e. The molecular formula is C14H17ClN2O3. The highest BCUT2D eigenvalue weighted by Gasteiger charge is 2.32. The molecule has 1 aromatic carbocycles. The molecule has 0 spiro atoms. The van der Waals surface area contributed by atoms with Crippen LogP contribution in [0.25, 0.3) is 0 Å². The number of hydrogen-bond acceptors (Lipinski definition) is 4. The van der Waals surface area contributed by atoms with E-state index in [9.17, 15) is 10.1 Å². The van der Waals surface area contributed by atoms with E-state index in [2.05, 4.69) is 4.90 Å². The number of rotatable bonds is 4. The first-order valence-electron chi connectivity index (χ1n) is 6.98. The van der Waals surface area contributed by atoms with Gasteiger partial charge in [0.2, 0.25) is 0 Å². The van der Waals surface area contributed by atoms with Crippen LogP contribution in [0, 0.1) is 10.1 Å². The van der Waals surface area contributed by atoms with Crippen molar-refractivity contribution in [1.29, 1.82) is 0 Å². The topological polar surface area (TPSA) is 55.6 Å². The van der Waals surface area contributed by atoms with Gasteiger partial charge >= 0.3 is 5.69 Å². The molecule has 3 rings (SSSR count). The highest BCUT2D eigenvalue weighted by Crippen LogP contribution is 2.33. The molecule has 0 bridgehead atoms. The molecule has 1 saturated carbocycles. The van der Waals surface area contributed by atoms with E-state index >= 15 is 0 Å². The molecule has 108 valence electrons. The normalized spacial score (nSPS) is 20.9. The molecule has 2 aliphatic rings. The molecule has 0 N–H and O–H groups in total. The second-order valence-electron chi connectivity index (χ2n) is 5.45. The molecule has 0 aromatic heterocycles. The number of piperidine rings is 1. The van der Waals surface area contributed by atoms with Crippen molar-refractivity contribution in [3.63, 3.8) is 0 Å². The fourth-order valence-corrected chi connectivity index (χ4v) is 2.88. The summed E-state index contributed by atoms with van der Waals surface area (Å²) in [7, 11) is 0. The number of hydrogen-bond donors (Lipinski definition) is 0. The lowest BCUT2D eigenvalue weighted by atomic mass is 10.1. The number of nitro benzene ring substituents is 1. The summed E-state index contributed by atoms with van der Waals surface area (Å²) in [6.07, 6.45) is 4.54. The third-order valence-electron chi connectivity index (χ3n) is 3.95. The second-order valence-corrected chi connectivity index (χ2v) is 5.89. The summed E-state index contributed by atoms with van der Waals surface area (Å²) in [5, 5.41) is 11.4. The van der Waals surface area contributed by atoms with Gasteiger partial charge in [0.25, 0.3) is 0 Å². The molecule has 5 nitrogen and oxygen atoms in total. The Morgan fingerprint density at radius 2 is 1.95 bits per heavy atom. The zero-order valence-corrected chi connectivity index (χ0v) is 11.9. The Morgan fingerprint density at radius 1 is 1.25 bits per heavy atom. The van der Waals surface area contributed by atoms with Gasteiger partial charge in [0, 0.05) is 30.2 Å². The molecular weight excluding hydrogens is 280 g/mol. The van der Waals surface area contributed by atoms with Crippen molar-refractivity contribution in [2.75, 3.05) is 13.1 Å². The highest BCUT2D eigenvalue weighted by atomic mass is 35.5. The molecule has 1 aliphatic heterocycles. The number of likely N-dealkylation sites (tertiary alicyclic amines) is 1. The monoisotopic (exact) mass is 296 g/mol. The number of benzene rings is 1. The maximum absolute atomic E-state index is 11.0. The number of nitro groups is 1. The molecule has 20 heavy (non-hydrogen) atoms. The van der Waals surface area contributed by atoms with Crippen LogP contribution in [0.4, 0.5) is 5.69 Å². The molecule has 0 radical (unpaired) electrons. The highest BCUT2D eigenvalue weighted by molar-refractivity contribution is 6.30. The van der Waals surface area contributed by atoms with Gasteiger partial charge < -0.3 is 9.64 Å². The SMILES string of the molecule is O=[N+]([O-])c1cc(Cl)ccc1OC1CCN(C2CC2)CC1. The van der Waals surface area contributed by atoms with E-state index in [-0.39, 0.29) is 11.8 Å². The minimum Gasteiger partial charge on any atom is -0.483 e. The Hall–Kier alpha value is -1.33. The first kappa shape index (κ1) is 13.6. The van der Waals surface area contributed by atoms with E-state index in [0.29, 0.717) is 10.8 Å². The van der Waals surface area contributed by atoms with E-state index in [1.165, 1.54) is 18.9 Å². The van der Waals surface area contributed by atoms with Gasteiger partial charge in [-0.25, -0.2) is 0 Å². The van der Waals surface area contributed by atoms with Gasteiger partial charge in [-0.1, -0.05) is 11.6 Å². The quantitative estimate of drug-likeness (QED) is 0.632. The molecule has 1 saturated heterocycles. The van der Waals surface area contributed by atoms with E-state index in [1.54, 1.807) is 12.1 Å². The second kappa shape index (κ2) is 5.58. The minimum atomic E-state index is -0.444. The van der Waals surface area contributed by atoms with Gasteiger partial charge in [-0.15, -0.1) is 0 Å². The van der Waals surface area contributed by atoms with Gasteiger partial charge in [0.05, 0.1) is 4.92 Å². The fraction of sp³-hybridized carbons (Fsp3) is 0.571. The van der Waals surface area contributed by atoms with Crippen molar-refractivity contribution in [2.45, 2.75) is 37.8 Å². The van der Waals surface area contributed by atoms with Crippen LogP contribution in [0.1, 0.15) is 25.7 Å². The van der Waals surface area contributed by atoms with Crippen LogP contribution in [0.15, 0.2) is 18.2 Å². The summed E-state index contributed by atoms with van der Waals surface area (Å²) in [6, 6.07) is 5.34. The predicted molar refractivity (Wildman–Crippen MR) is 76.4 cm³/mol. The first-order valence-corrected chi connectivity index (χ1v) is 7.36. The van der Waals surface area contributed by atoms with E-state index in [1.807, 2.05) is 0 Å². The Morgan fingerprint density at radius 3 is 2.55 bits per heavy atom. The molecule has 0 atom stereocenters. The van der Waals surface area contributed by atoms with Crippen LogP contribution in [0.5, 0.6) is 5.75 Å². The standard InChI is InChI=1S/C14H17ClN2O3/c15-10-1-4-14(13(9-10)17(18)19)20-12-5-7-16(8-6-12)11-2-3-11/h1,4,9,11-12H,2-3,5-8H2. The fourth-order valence-electron chi connectivity index (χ4n) is 2.71. The van der Waals surface area contributed by atoms with Crippen LogP contribution in [0.2, 0.25) is 5.02 Å². The smallest absolute Gasteiger partial charge is 0.312 e.